The van der Waals surface area contributed by atoms with E-state index in [0.717, 1.165) is 17.1 Å². The van der Waals surface area contributed by atoms with Crippen LogP contribution in [0.25, 0.3) is 9.69 Å². The normalized spacial score (nSPS) is 16.0. The van der Waals surface area contributed by atoms with Crippen LogP contribution in [0.5, 0.6) is 0 Å². The van der Waals surface area contributed by atoms with Gasteiger partial charge in [0, 0.05) is 18.4 Å². The number of aryl methyl sites for hydroxylation is 2. The van der Waals surface area contributed by atoms with Crippen molar-refractivity contribution >= 4 is 28.4 Å². The van der Waals surface area contributed by atoms with E-state index in [0.29, 0.717) is 11.4 Å². The van der Waals surface area contributed by atoms with Crippen LogP contribution in [0.2, 0.25) is 0 Å². The van der Waals surface area contributed by atoms with Crippen LogP contribution in [-0.4, -0.2) is 13.2 Å². The highest BCUT2D eigenvalue weighted by atomic mass is 15.4. The third kappa shape index (κ3) is 2.20. The first-order chi connectivity index (χ1) is 11.0. The molecule has 2 aromatic rings. The largest absolute Gasteiger partial charge is 0.354 e. The molecule has 114 valence electrons. The Kier molecular flexibility index (Phi) is 3.47. The zero-order valence-corrected chi connectivity index (χ0v) is 13.8. The van der Waals surface area contributed by atoms with Crippen molar-refractivity contribution in [2.45, 2.75) is 26.9 Å². The first-order valence-electron chi connectivity index (χ1n) is 7.50. The summed E-state index contributed by atoms with van der Waals surface area (Å²) < 4.78 is 0. The predicted octanol–water partition coefficient (Wildman–Crippen LogP) is 5.34. The molecule has 23 heavy (non-hydrogen) atoms. The van der Waals surface area contributed by atoms with Crippen molar-refractivity contribution in [3.05, 3.63) is 64.3 Å². The van der Waals surface area contributed by atoms with Crippen molar-refractivity contribution in [2.24, 2.45) is 0 Å². The maximum atomic E-state index is 7.34. The fourth-order valence-corrected chi connectivity index (χ4v) is 3.19. The van der Waals surface area contributed by atoms with Gasteiger partial charge in [-0.05, 0) is 44.5 Å². The van der Waals surface area contributed by atoms with Crippen LogP contribution in [-0.2, 0) is 0 Å². The van der Waals surface area contributed by atoms with Gasteiger partial charge < -0.3 is 9.80 Å². The van der Waals surface area contributed by atoms with Gasteiger partial charge >= 0.3 is 0 Å². The van der Waals surface area contributed by atoms with Crippen molar-refractivity contribution in [1.29, 1.82) is 0 Å². The number of fused-ring (bicyclic) bond motifs is 1. The highest BCUT2D eigenvalue weighted by molar-refractivity contribution is 5.92. The number of nitrogens with zero attached hydrogens (tertiary/aromatic N) is 4. The number of benzene rings is 2. The van der Waals surface area contributed by atoms with Gasteiger partial charge in [-0.1, -0.05) is 17.7 Å². The molecule has 0 amide bonds. The molecular formula is C19H18N4. The van der Waals surface area contributed by atoms with Crippen LogP contribution in [0.3, 0.4) is 0 Å². The molecule has 0 fully saturated rings. The second-order valence-electron chi connectivity index (χ2n) is 5.96. The molecule has 1 aliphatic heterocycles. The molecule has 3 rings (SSSR count). The van der Waals surface area contributed by atoms with Crippen molar-refractivity contribution in [3.63, 3.8) is 0 Å². The Bertz CT molecular complexity index is 870. The van der Waals surface area contributed by atoms with Crippen LogP contribution in [0.15, 0.2) is 30.3 Å². The summed E-state index contributed by atoms with van der Waals surface area (Å²) in [4.78, 5) is 11.4. The van der Waals surface area contributed by atoms with Gasteiger partial charge in [-0.3, -0.25) is 9.69 Å². The molecule has 1 aliphatic rings. The Labute approximate surface area is 137 Å². The molecule has 0 radical (unpaired) electrons. The molecule has 0 saturated heterocycles. The third-order valence-electron chi connectivity index (χ3n) is 4.50. The van der Waals surface area contributed by atoms with Crippen LogP contribution in [0, 0.1) is 27.0 Å². The van der Waals surface area contributed by atoms with Crippen LogP contribution >= 0.6 is 0 Å². The number of anilines is 3. The Morgan fingerprint density at radius 2 is 1.52 bits per heavy atom. The maximum absolute atomic E-state index is 7.34. The summed E-state index contributed by atoms with van der Waals surface area (Å²) in [6.45, 7) is 21.0. The quantitative estimate of drug-likeness (QED) is 0.661. The lowest BCUT2D eigenvalue weighted by Crippen LogP contribution is -2.35. The topological polar surface area (TPSA) is 15.2 Å². The van der Waals surface area contributed by atoms with Gasteiger partial charge in [0.2, 0.25) is 0 Å². The molecule has 1 heterocycles. The monoisotopic (exact) mass is 302 g/mol. The first-order valence-corrected chi connectivity index (χ1v) is 7.50. The lowest BCUT2D eigenvalue weighted by molar-refractivity contribution is 0.732. The minimum atomic E-state index is 0.131. The molecule has 0 N–H and O–H groups in total. The van der Waals surface area contributed by atoms with Crippen molar-refractivity contribution < 1.29 is 0 Å². The summed E-state index contributed by atoms with van der Waals surface area (Å²) in [5.74, 6) is 0. The number of hydrogen-bond acceptors (Lipinski definition) is 2. The first kappa shape index (κ1) is 14.9. The average Bonchev–Trinajstić information content (AvgIpc) is 2.77. The van der Waals surface area contributed by atoms with Gasteiger partial charge in [0.25, 0.3) is 0 Å². The Balaban J connectivity index is 2.23. The second-order valence-corrected chi connectivity index (χ2v) is 5.96. The van der Waals surface area contributed by atoms with E-state index in [9.17, 15) is 0 Å². The average molecular weight is 302 g/mol. The summed E-state index contributed by atoms with van der Waals surface area (Å²) in [6, 6.07) is 10.1. The fraction of sp³-hybridized carbons (Fsp3) is 0.263. The van der Waals surface area contributed by atoms with E-state index < -0.39 is 0 Å². The van der Waals surface area contributed by atoms with Crippen molar-refractivity contribution in [1.82, 2.24) is 0 Å². The Morgan fingerprint density at radius 1 is 0.913 bits per heavy atom. The predicted molar refractivity (Wildman–Crippen MR) is 94.9 cm³/mol. The van der Waals surface area contributed by atoms with Crippen molar-refractivity contribution in [2.75, 3.05) is 16.8 Å². The molecule has 0 spiro atoms. The maximum Gasteiger partial charge on any atom is 0.196 e. The van der Waals surface area contributed by atoms with Crippen molar-refractivity contribution in [3.8, 4) is 0 Å². The lowest BCUT2D eigenvalue weighted by atomic mass is 10.1. The summed E-state index contributed by atoms with van der Waals surface area (Å²) in [5.41, 5.74) is 6.39. The molecular weight excluding hydrogens is 284 g/mol. The van der Waals surface area contributed by atoms with Gasteiger partial charge in [-0.15, -0.1) is 0 Å². The molecule has 0 unspecified atom stereocenters. The molecule has 4 nitrogen and oxygen atoms in total. The van der Waals surface area contributed by atoms with Crippen LogP contribution < -0.4 is 9.80 Å². The zero-order valence-electron chi connectivity index (χ0n) is 13.8. The van der Waals surface area contributed by atoms with E-state index in [2.05, 4.69) is 58.5 Å². The van der Waals surface area contributed by atoms with E-state index in [-0.39, 0.29) is 6.17 Å². The zero-order chi connectivity index (χ0) is 16.7. The number of rotatable bonds is 1. The van der Waals surface area contributed by atoms with E-state index in [1.54, 1.807) is 0 Å². The summed E-state index contributed by atoms with van der Waals surface area (Å²) >= 11 is 0. The highest BCUT2D eigenvalue weighted by Crippen LogP contribution is 2.49. The van der Waals surface area contributed by atoms with Gasteiger partial charge in [0.1, 0.15) is 6.17 Å². The molecule has 0 aromatic heterocycles. The van der Waals surface area contributed by atoms with E-state index in [1.165, 1.54) is 11.1 Å². The van der Waals surface area contributed by atoms with E-state index in [1.807, 2.05) is 19.2 Å². The van der Waals surface area contributed by atoms with Gasteiger partial charge in [0.05, 0.1) is 18.8 Å². The third-order valence-corrected chi connectivity index (χ3v) is 4.50. The minimum absolute atomic E-state index is 0.131. The summed E-state index contributed by atoms with van der Waals surface area (Å²) in [5, 5.41) is 0. The van der Waals surface area contributed by atoms with Crippen LogP contribution in [0.1, 0.15) is 18.1 Å². The molecule has 0 saturated carbocycles. The van der Waals surface area contributed by atoms with E-state index in [4.69, 9.17) is 13.1 Å². The molecule has 2 aromatic carbocycles. The smallest absolute Gasteiger partial charge is 0.196 e. The van der Waals surface area contributed by atoms with E-state index >= 15 is 0 Å². The molecule has 1 atom stereocenters. The Hall–Kier alpha value is -2.98. The van der Waals surface area contributed by atoms with Gasteiger partial charge in [-0.2, -0.15) is 0 Å². The standard InChI is InChI=1S/C19H18N4/c1-12-7-8-17(13(2)9-12)23-14(3)22(6)18-10-15(20-4)16(21-5)11-19(18)23/h7-11,14H,1-3,6H3/t14-/m0/s1. The lowest BCUT2D eigenvalue weighted by Gasteiger charge is -2.29. The number of hydrogen-bond donors (Lipinski definition) is 0. The molecule has 0 aliphatic carbocycles. The van der Waals surface area contributed by atoms with Crippen LogP contribution in [0.4, 0.5) is 28.4 Å². The summed E-state index contributed by atoms with van der Waals surface area (Å²) in [7, 11) is 2.03. The molecule has 0 bridgehead atoms. The minimum Gasteiger partial charge on any atom is -0.354 e. The second kappa shape index (κ2) is 5.34. The summed E-state index contributed by atoms with van der Waals surface area (Å²) in [6.07, 6.45) is 0.131. The molecule has 4 heteroatoms. The fourth-order valence-electron chi connectivity index (χ4n) is 3.19. The highest BCUT2D eigenvalue weighted by Gasteiger charge is 2.33. The van der Waals surface area contributed by atoms with Gasteiger partial charge in [0.15, 0.2) is 11.4 Å². The SMILES string of the molecule is [C-]#[N+]c1cc2c(cc1[N+]#[C-])N(c1ccc(C)cc1C)[C@@H](C)N2C. The van der Waals surface area contributed by atoms with Gasteiger partial charge in [-0.25, -0.2) is 0 Å². The Morgan fingerprint density at radius 3 is 2.09 bits per heavy atom.